The normalized spacial score (nSPS) is 11.4. The summed E-state index contributed by atoms with van der Waals surface area (Å²) < 4.78 is 50.5. The summed E-state index contributed by atoms with van der Waals surface area (Å²) in [5, 5.41) is 0.651. The molecule has 0 unspecified atom stereocenters. The maximum Gasteiger partial charge on any atom is 0.411 e. The van der Waals surface area contributed by atoms with Crippen molar-refractivity contribution in [3.05, 3.63) is 23.8 Å². The Balaban J connectivity index is 2.56. The zero-order valence-electron chi connectivity index (χ0n) is 10.3. The SMILES string of the molecule is CCOc1cc(CBr)ccc1OCOCC(F)(F)F. The van der Waals surface area contributed by atoms with Gasteiger partial charge in [-0.2, -0.15) is 13.2 Å². The van der Waals surface area contributed by atoms with E-state index >= 15 is 0 Å². The predicted molar refractivity (Wildman–Crippen MR) is 67.7 cm³/mol. The Hall–Kier alpha value is -0.950. The summed E-state index contributed by atoms with van der Waals surface area (Å²) in [6.07, 6.45) is -4.36. The van der Waals surface area contributed by atoms with Gasteiger partial charge in [0.2, 0.25) is 0 Å². The fourth-order valence-electron chi connectivity index (χ4n) is 1.29. The van der Waals surface area contributed by atoms with E-state index in [2.05, 4.69) is 20.7 Å². The van der Waals surface area contributed by atoms with Crippen molar-refractivity contribution in [3.63, 3.8) is 0 Å². The molecule has 108 valence electrons. The fourth-order valence-corrected chi connectivity index (χ4v) is 1.63. The van der Waals surface area contributed by atoms with E-state index in [-0.39, 0.29) is 0 Å². The number of ether oxygens (including phenoxy) is 3. The van der Waals surface area contributed by atoms with Gasteiger partial charge in [-0.3, -0.25) is 0 Å². The van der Waals surface area contributed by atoms with Crippen molar-refractivity contribution >= 4 is 15.9 Å². The van der Waals surface area contributed by atoms with E-state index in [9.17, 15) is 13.2 Å². The number of halogens is 4. The first-order valence-electron chi connectivity index (χ1n) is 5.55. The van der Waals surface area contributed by atoms with Gasteiger partial charge in [0, 0.05) is 5.33 Å². The molecular formula is C12H14BrF3O3. The zero-order valence-corrected chi connectivity index (χ0v) is 11.9. The molecule has 0 heterocycles. The number of benzene rings is 1. The van der Waals surface area contributed by atoms with Crippen LogP contribution in [0.4, 0.5) is 13.2 Å². The molecule has 0 aliphatic carbocycles. The van der Waals surface area contributed by atoms with Crippen molar-refractivity contribution in [2.45, 2.75) is 18.4 Å². The standard InChI is InChI=1S/C12H14BrF3O3/c1-2-18-11-5-9(6-13)3-4-10(11)19-8-17-7-12(14,15)16/h3-5H,2,6-8H2,1H3. The van der Waals surface area contributed by atoms with Gasteiger partial charge in [0.05, 0.1) is 6.61 Å². The van der Waals surface area contributed by atoms with Crippen molar-refractivity contribution in [3.8, 4) is 11.5 Å². The highest BCUT2D eigenvalue weighted by Gasteiger charge is 2.27. The van der Waals surface area contributed by atoms with Crippen molar-refractivity contribution in [2.24, 2.45) is 0 Å². The van der Waals surface area contributed by atoms with E-state index in [1.165, 1.54) is 0 Å². The maximum atomic E-state index is 11.9. The minimum Gasteiger partial charge on any atom is -0.490 e. The second-order valence-electron chi connectivity index (χ2n) is 3.57. The van der Waals surface area contributed by atoms with Gasteiger partial charge in [-0.25, -0.2) is 0 Å². The van der Waals surface area contributed by atoms with Gasteiger partial charge in [0.15, 0.2) is 18.3 Å². The Morgan fingerprint density at radius 3 is 2.47 bits per heavy atom. The van der Waals surface area contributed by atoms with Crippen LogP contribution in [0.2, 0.25) is 0 Å². The molecule has 1 rings (SSSR count). The summed E-state index contributed by atoms with van der Waals surface area (Å²) in [7, 11) is 0. The van der Waals surface area contributed by atoms with Crippen LogP contribution in [-0.2, 0) is 10.1 Å². The van der Waals surface area contributed by atoms with Gasteiger partial charge < -0.3 is 14.2 Å². The average molecular weight is 343 g/mol. The first-order valence-corrected chi connectivity index (χ1v) is 6.67. The molecule has 7 heteroatoms. The Bertz CT molecular complexity index is 396. The van der Waals surface area contributed by atoms with Crippen LogP contribution in [0.1, 0.15) is 12.5 Å². The molecule has 0 saturated heterocycles. The lowest BCUT2D eigenvalue weighted by atomic mass is 10.2. The summed E-state index contributed by atoms with van der Waals surface area (Å²) in [5.74, 6) is 0.837. The van der Waals surface area contributed by atoms with Gasteiger partial charge in [0.25, 0.3) is 0 Å². The molecule has 0 atom stereocenters. The van der Waals surface area contributed by atoms with Crippen molar-refractivity contribution < 1.29 is 27.4 Å². The molecule has 1 aromatic carbocycles. The molecule has 0 saturated carbocycles. The highest BCUT2D eigenvalue weighted by Crippen LogP contribution is 2.29. The lowest BCUT2D eigenvalue weighted by Gasteiger charge is -2.13. The Labute approximate surface area is 117 Å². The summed E-state index contributed by atoms with van der Waals surface area (Å²) in [4.78, 5) is 0. The maximum absolute atomic E-state index is 11.9. The van der Waals surface area contributed by atoms with Crippen molar-refractivity contribution in [1.82, 2.24) is 0 Å². The molecule has 0 radical (unpaired) electrons. The van der Waals surface area contributed by atoms with E-state index in [0.29, 0.717) is 23.4 Å². The minimum atomic E-state index is -4.36. The average Bonchev–Trinajstić information content (AvgIpc) is 2.35. The summed E-state index contributed by atoms with van der Waals surface area (Å²) in [5.41, 5.74) is 0.979. The quantitative estimate of drug-likeness (QED) is 0.427. The highest BCUT2D eigenvalue weighted by molar-refractivity contribution is 9.08. The molecule has 0 aliphatic rings. The molecule has 0 bridgehead atoms. The van der Waals surface area contributed by atoms with Gasteiger partial charge in [-0.05, 0) is 24.6 Å². The van der Waals surface area contributed by atoms with E-state index in [1.54, 1.807) is 18.2 Å². The van der Waals surface area contributed by atoms with E-state index in [0.717, 1.165) is 5.56 Å². The number of rotatable bonds is 7. The third-order valence-corrected chi connectivity index (χ3v) is 2.67. The van der Waals surface area contributed by atoms with Gasteiger partial charge in [0.1, 0.15) is 6.61 Å². The molecule has 1 aromatic rings. The highest BCUT2D eigenvalue weighted by atomic mass is 79.9. The predicted octanol–water partition coefficient (Wildman–Crippen LogP) is 3.90. The number of hydrogen-bond acceptors (Lipinski definition) is 3. The molecule has 19 heavy (non-hydrogen) atoms. The molecular weight excluding hydrogens is 329 g/mol. The molecule has 0 N–H and O–H groups in total. The Morgan fingerprint density at radius 1 is 1.16 bits per heavy atom. The van der Waals surface area contributed by atoms with Crippen LogP contribution >= 0.6 is 15.9 Å². The summed E-state index contributed by atoms with van der Waals surface area (Å²) in [6, 6.07) is 5.19. The Morgan fingerprint density at radius 2 is 1.89 bits per heavy atom. The molecule has 0 fully saturated rings. The van der Waals surface area contributed by atoms with Crippen LogP contribution in [0.3, 0.4) is 0 Å². The zero-order chi connectivity index (χ0) is 14.3. The van der Waals surface area contributed by atoms with E-state index in [1.807, 2.05) is 6.92 Å². The minimum absolute atomic E-state index is 0.355. The number of alkyl halides is 4. The van der Waals surface area contributed by atoms with Crippen LogP contribution in [0.15, 0.2) is 18.2 Å². The lowest BCUT2D eigenvalue weighted by Crippen LogP contribution is -2.19. The van der Waals surface area contributed by atoms with Gasteiger partial charge >= 0.3 is 6.18 Å². The lowest BCUT2D eigenvalue weighted by molar-refractivity contribution is -0.186. The van der Waals surface area contributed by atoms with Crippen molar-refractivity contribution in [2.75, 3.05) is 20.0 Å². The molecule has 0 aromatic heterocycles. The van der Waals surface area contributed by atoms with Crippen molar-refractivity contribution in [1.29, 1.82) is 0 Å². The van der Waals surface area contributed by atoms with Crippen LogP contribution in [0.25, 0.3) is 0 Å². The molecule has 0 spiro atoms. The smallest absolute Gasteiger partial charge is 0.411 e. The third kappa shape index (κ3) is 6.15. The van der Waals surface area contributed by atoms with Crippen LogP contribution < -0.4 is 9.47 Å². The molecule has 0 aliphatic heterocycles. The molecule has 0 amide bonds. The summed E-state index contributed by atoms with van der Waals surface area (Å²) >= 11 is 3.31. The first kappa shape index (κ1) is 16.1. The second-order valence-corrected chi connectivity index (χ2v) is 4.13. The van der Waals surface area contributed by atoms with Crippen LogP contribution in [0.5, 0.6) is 11.5 Å². The van der Waals surface area contributed by atoms with Crippen LogP contribution in [-0.4, -0.2) is 26.2 Å². The largest absolute Gasteiger partial charge is 0.490 e. The molecule has 3 nitrogen and oxygen atoms in total. The van der Waals surface area contributed by atoms with Crippen LogP contribution in [0, 0.1) is 0 Å². The van der Waals surface area contributed by atoms with E-state index < -0.39 is 19.6 Å². The second kappa shape index (κ2) is 7.59. The third-order valence-electron chi connectivity index (χ3n) is 2.03. The van der Waals surface area contributed by atoms with E-state index in [4.69, 9.17) is 9.47 Å². The topological polar surface area (TPSA) is 27.7 Å². The fraction of sp³-hybridized carbons (Fsp3) is 0.500. The van der Waals surface area contributed by atoms with Gasteiger partial charge in [-0.1, -0.05) is 22.0 Å². The number of hydrogen-bond donors (Lipinski definition) is 0. The first-order chi connectivity index (χ1) is 8.96. The monoisotopic (exact) mass is 342 g/mol. The summed E-state index contributed by atoms with van der Waals surface area (Å²) in [6.45, 7) is 0.430. The Kier molecular flexibility index (Phi) is 6.44. The van der Waals surface area contributed by atoms with Gasteiger partial charge in [-0.15, -0.1) is 0 Å².